The van der Waals surface area contributed by atoms with Gasteiger partial charge in [-0.3, -0.25) is 9.59 Å². The molecule has 3 N–H and O–H groups in total. The van der Waals surface area contributed by atoms with Gasteiger partial charge < -0.3 is 29.5 Å². The van der Waals surface area contributed by atoms with Crippen molar-refractivity contribution in [2.24, 2.45) is 23.7 Å². The van der Waals surface area contributed by atoms with Crippen LogP contribution in [0.5, 0.6) is 23.0 Å². The minimum atomic E-state index is -0.459. The lowest BCUT2D eigenvalue weighted by Gasteiger charge is -2.29. The Labute approximate surface area is 334 Å². The van der Waals surface area contributed by atoms with E-state index < -0.39 is 11.6 Å². The second-order valence-electron chi connectivity index (χ2n) is 15.2. The highest BCUT2D eigenvalue weighted by molar-refractivity contribution is 5.74. The molecule has 0 spiro atoms. The van der Waals surface area contributed by atoms with E-state index in [1.807, 2.05) is 45.0 Å². The highest BCUT2D eigenvalue weighted by Gasteiger charge is 2.40. The first kappa shape index (κ1) is 42.8. The summed E-state index contributed by atoms with van der Waals surface area (Å²) in [6.45, 7) is 9.25. The first-order valence-electron chi connectivity index (χ1n) is 19.7. The van der Waals surface area contributed by atoms with E-state index in [0.29, 0.717) is 35.1 Å². The molecule has 2 saturated carbocycles. The minimum absolute atomic E-state index is 0.0666. The molecule has 1 unspecified atom stereocenters. The van der Waals surface area contributed by atoms with Crippen molar-refractivity contribution in [1.82, 2.24) is 0 Å². The zero-order valence-corrected chi connectivity index (χ0v) is 33.3. The van der Waals surface area contributed by atoms with Crippen molar-refractivity contribution in [3.63, 3.8) is 0 Å². The molecule has 7 rings (SSSR count). The molecule has 57 heavy (non-hydrogen) atoms. The predicted octanol–water partition coefficient (Wildman–Crippen LogP) is 10.3. The summed E-state index contributed by atoms with van der Waals surface area (Å²) in [5.74, 6) is 0.566. The van der Waals surface area contributed by atoms with Gasteiger partial charge in [0.05, 0.1) is 26.1 Å². The number of hydrogen-bond donors (Lipinski definition) is 3. The number of fused-ring (bicyclic) bond motifs is 1. The van der Waals surface area contributed by atoms with Crippen LogP contribution in [0.1, 0.15) is 104 Å². The van der Waals surface area contributed by atoms with Crippen molar-refractivity contribution in [1.29, 1.82) is 0 Å². The number of carbonyl (C=O) groups excluding carboxylic acids is 2. The van der Waals surface area contributed by atoms with Crippen molar-refractivity contribution in [3.8, 4) is 23.0 Å². The zero-order valence-electron chi connectivity index (χ0n) is 33.3. The van der Waals surface area contributed by atoms with Crippen LogP contribution >= 0.6 is 0 Å². The fourth-order valence-corrected chi connectivity index (χ4v) is 7.87. The Bertz CT molecular complexity index is 2040. The number of hydrogen-bond acceptors (Lipinski definition) is 8. The summed E-state index contributed by atoms with van der Waals surface area (Å²) in [5.41, 5.74) is 5.03. The number of aromatic hydroxyl groups is 3. The van der Waals surface area contributed by atoms with Crippen LogP contribution < -0.4 is 4.74 Å². The van der Waals surface area contributed by atoms with Crippen LogP contribution in [-0.2, 0) is 31.9 Å². The summed E-state index contributed by atoms with van der Waals surface area (Å²) >= 11 is 0. The molecule has 4 aromatic rings. The molecule has 1 aliphatic heterocycles. The number of halogens is 2. The summed E-state index contributed by atoms with van der Waals surface area (Å²) in [6.07, 6.45) is 7.84. The maximum Gasteiger partial charge on any atom is 0.309 e. The van der Waals surface area contributed by atoms with Crippen LogP contribution in [0.3, 0.4) is 0 Å². The van der Waals surface area contributed by atoms with Crippen molar-refractivity contribution in [3.05, 3.63) is 124 Å². The first-order valence-corrected chi connectivity index (χ1v) is 19.7. The molecule has 0 aromatic heterocycles. The van der Waals surface area contributed by atoms with Crippen LogP contribution in [0.2, 0.25) is 0 Å². The van der Waals surface area contributed by atoms with Crippen molar-refractivity contribution < 1.29 is 47.9 Å². The highest BCUT2D eigenvalue weighted by Crippen LogP contribution is 2.49. The lowest BCUT2D eigenvalue weighted by atomic mass is 9.82. The number of aryl methyl sites for hydroxylation is 2. The molecule has 2 fully saturated rings. The Kier molecular flexibility index (Phi) is 14.4. The number of benzene rings is 4. The second-order valence-corrected chi connectivity index (χ2v) is 15.2. The first-order chi connectivity index (χ1) is 27.3. The van der Waals surface area contributed by atoms with Gasteiger partial charge in [-0.05, 0) is 127 Å². The number of methoxy groups -OCH3 is 2. The van der Waals surface area contributed by atoms with Gasteiger partial charge >= 0.3 is 11.9 Å². The zero-order chi connectivity index (χ0) is 41.4. The van der Waals surface area contributed by atoms with E-state index in [-0.39, 0.29) is 53.2 Å². The molecule has 2 aliphatic carbocycles. The van der Waals surface area contributed by atoms with E-state index in [0.717, 1.165) is 78.7 Å². The minimum Gasteiger partial charge on any atom is -0.508 e. The topological polar surface area (TPSA) is 123 Å². The van der Waals surface area contributed by atoms with Gasteiger partial charge in [-0.25, -0.2) is 8.78 Å². The van der Waals surface area contributed by atoms with Crippen LogP contribution in [0.4, 0.5) is 8.78 Å². The van der Waals surface area contributed by atoms with Gasteiger partial charge in [-0.15, -0.1) is 0 Å². The molecule has 304 valence electrons. The number of carbonyl (C=O) groups is 2. The summed E-state index contributed by atoms with van der Waals surface area (Å²) in [6, 6.07) is 20.1. The molecule has 5 atom stereocenters. The molecule has 0 amide bonds. The Morgan fingerprint density at radius 1 is 0.772 bits per heavy atom. The highest BCUT2D eigenvalue weighted by atomic mass is 19.1. The number of ether oxygens (including phenoxy) is 3. The molecular formula is C47H54F2O8. The summed E-state index contributed by atoms with van der Waals surface area (Å²) < 4.78 is 42.9. The maximum atomic E-state index is 14.3. The molecule has 10 heteroatoms. The molecule has 0 bridgehead atoms. The van der Waals surface area contributed by atoms with E-state index in [2.05, 4.69) is 18.7 Å². The predicted molar refractivity (Wildman–Crippen MR) is 215 cm³/mol. The summed E-state index contributed by atoms with van der Waals surface area (Å²) in [5, 5.41) is 28.2. The Morgan fingerprint density at radius 2 is 1.32 bits per heavy atom. The van der Waals surface area contributed by atoms with Crippen LogP contribution in [-0.4, -0.2) is 41.5 Å². The average Bonchev–Trinajstić information content (AvgIpc) is 4.15. The Balaban J connectivity index is 0.000000184. The van der Waals surface area contributed by atoms with Crippen LogP contribution in [0, 0.1) is 35.3 Å². The molecule has 4 aromatic carbocycles. The standard InChI is InChI=1S/C23H25FO4.C16H22O3.C8H7FO/c1-13(23(26)27-2)22(15-4-5-15)16-6-3-14-7-10-20(28-21(14)11-16)18-9-8-17(25)12-19(18)24;1-4-11-5-8-13(9-14(11)17)15(12-6-7-12)10(2)16(18)19-3;1-2-6-3-4-7(10)5-8(6)9/h3,6,8-9,11-13,15,20,22,25H,4-5,7,10H2,1-2H3;5,8-10,12,15,17H,4,6-7H2,1-3H3;2-5,10H,1H2/t13-,20?,22-;10-,15-;/m00./s1. The van der Waals surface area contributed by atoms with Gasteiger partial charge in [0.1, 0.15) is 40.7 Å². The Hall–Kier alpha value is -5.38. The van der Waals surface area contributed by atoms with Crippen LogP contribution in [0.15, 0.2) is 79.4 Å². The van der Waals surface area contributed by atoms with Crippen molar-refractivity contribution in [2.75, 3.05) is 14.2 Å². The molecule has 1 heterocycles. The van der Waals surface area contributed by atoms with Gasteiger partial charge in [0.2, 0.25) is 0 Å². The third-order valence-corrected chi connectivity index (χ3v) is 11.3. The molecule has 8 nitrogen and oxygen atoms in total. The van der Waals surface area contributed by atoms with Crippen molar-refractivity contribution >= 4 is 18.0 Å². The fourth-order valence-electron chi connectivity index (χ4n) is 7.87. The Morgan fingerprint density at radius 3 is 1.81 bits per heavy atom. The van der Waals surface area contributed by atoms with Crippen molar-refractivity contribution in [2.45, 2.75) is 83.7 Å². The summed E-state index contributed by atoms with van der Waals surface area (Å²) in [4.78, 5) is 23.9. The number of esters is 2. The fraction of sp³-hybridized carbons (Fsp3) is 0.404. The quantitative estimate of drug-likeness (QED) is 0.129. The maximum absolute atomic E-state index is 14.3. The van der Waals surface area contributed by atoms with E-state index in [9.17, 15) is 28.6 Å². The largest absolute Gasteiger partial charge is 0.508 e. The number of rotatable bonds is 11. The lowest BCUT2D eigenvalue weighted by Crippen LogP contribution is -2.23. The van der Waals surface area contributed by atoms with Gasteiger partial charge in [-0.1, -0.05) is 57.7 Å². The van der Waals surface area contributed by atoms with E-state index in [1.54, 1.807) is 6.07 Å². The number of phenols is 3. The van der Waals surface area contributed by atoms with E-state index >= 15 is 0 Å². The van der Waals surface area contributed by atoms with Crippen LogP contribution in [0.25, 0.3) is 6.08 Å². The average molecular weight is 785 g/mol. The normalized spacial score (nSPS) is 17.7. The van der Waals surface area contributed by atoms with Gasteiger partial charge in [0.15, 0.2) is 0 Å². The lowest BCUT2D eigenvalue weighted by molar-refractivity contribution is -0.146. The summed E-state index contributed by atoms with van der Waals surface area (Å²) in [7, 11) is 2.86. The molecule has 3 aliphatic rings. The molecule has 0 saturated heterocycles. The monoisotopic (exact) mass is 784 g/mol. The third kappa shape index (κ3) is 10.7. The molecular weight excluding hydrogens is 731 g/mol. The smallest absolute Gasteiger partial charge is 0.309 e. The number of phenolic OH excluding ortho intramolecular Hbond substituents is 3. The van der Waals surface area contributed by atoms with E-state index in [1.165, 1.54) is 38.5 Å². The SMILES string of the molecule is C=Cc1ccc(O)cc1F.CCc1ccc([C@H](C2CC2)[C@H](C)C(=O)OC)cc1O.COC(=O)[C@@H](C)[C@H](c1ccc2c(c1)OC(c1ccc(O)cc1F)CC2)C1CC1. The second kappa shape index (κ2) is 19.2. The molecule has 0 radical (unpaired) electrons. The van der Waals surface area contributed by atoms with Gasteiger partial charge in [0.25, 0.3) is 0 Å². The van der Waals surface area contributed by atoms with E-state index in [4.69, 9.17) is 19.3 Å². The third-order valence-electron chi connectivity index (χ3n) is 11.3. The van der Waals surface area contributed by atoms with Gasteiger partial charge in [-0.2, -0.15) is 0 Å². The van der Waals surface area contributed by atoms with Gasteiger partial charge in [0, 0.05) is 23.3 Å².